The highest BCUT2D eigenvalue weighted by atomic mass is 31.2. The fraction of sp³-hybridized carbons (Fsp3) is 0.447. The molecule has 1 amide bonds. The van der Waals surface area contributed by atoms with Gasteiger partial charge in [0, 0.05) is 37.7 Å². The number of phosphoric acid groups is 1. The van der Waals surface area contributed by atoms with Crippen LogP contribution < -0.4 is 5.32 Å². The van der Waals surface area contributed by atoms with Gasteiger partial charge in [0.05, 0.1) is 35.6 Å². The van der Waals surface area contributed by atoms with Gasteiger partial charge in [-0.15, -0.1) is 0 Å². The lowest BCUT2D eigenvalue weighted by atomic mass is 9.44. The third-order valence-corrected chi connectivity index (χ3v) is 14.2. The smallest absolute Gasteiger partial charge is 0.456 e. The van der Waals surface area contributed by atoms with Gasteiger partial charge in [-0.2, -0.15) is 0 Å². The van der Waals surface area contributed by atoms with Gasteiger partial charge in [-0.25, -0.2) is 14.2 Å². The molecule has 66 heavy (non-hydrogen) atoms. The Morgan fingerprint density at radius 1 is 0.833 bits per heavy atom. The highest BCUT2D eigenvalue weighted by molar-refractivity contribution is 7.46. The van der Waals surface area contributed by atoms with Crippen molar-refractivity contribution < 1.29 is 81.5 Å². The van der Waals surface area contributed by atoms with Crippen molar-refractivity contribution >= 4 is 43.4 Å². The Labute approximate surface area is 379 Å². The lowest BCUT2D eigenvalue weighted by Gasteiger charge is -2.67. The summed E-state index contributed by atoms with van der Waals surface area (Å²) in [6.07, 6.45) is -11.5. The lowest BCUT2D eigenvalue weighted by Crippen LogP contribution is -2.82. The standard InChI is InChI=1S/C47H52NO17P/c1-25-31(62-43(55)37(65-66(57,58)59)35(28-16-10-7-11-17-28)48-41(53)29-18-12-8-13-19-29)23-47(56)40(63-42(54)30-20-14-9-15-21-30)38-45(6,32(51)22-33-46(38,24-60-33)64-27(3)50)39(52)36(61-26(2)49)34(25)44(47,4)5/h7-21,31-33,35-38,40,51,56H,22-24H2,1-6H3,(H,48,53)(H2,57,58,59)/t31-,32-,33+,35-,36+,37+,38-,40-,45+,46-,47+/m0/s1. The Hall–Kier alpha value is -5.59. The van der Waals surface area contributed by atoms with Gasteiger partial charge < -0.3 is 49.0 Å². The summed E-state index contributed by atoms with van der Waals surface area (Å²) < 4.78 is 48.1. The first-order valence-electron chi connectivity index (χ1n) is 21.2. The van der Waals surface area contributed by atoms with Crippen LogP contribution in [0.1, 0.15) is 86.7 Å². The van der Waals surface area contributed by atoms with Crippen molar-refractivity contribution in [1.29, 1.82) is 0 Å². The molecule has 0 unspecified atom stereocenters. The molecule has 11 atom stereocenters. The zero-order valence-electron chi connectivity index (χ0n) is 36.9. The first kappa shape index (κ1) is 48.3. The molecule has 2 saturated carbocycles. The minimum absolute atomic E-state index is 0.0127. The minimum atomic E-state index is -5.59. The number of rotatable bonds is 12. The average Bonchev–Trinajstić information content (AvgIpc) is 3.26. The average molecular weight is 934 g/mol. The summed E-state index contributed by atoms with van der Waals surface area (Å²) in [4.78, 5) is 105. The van der Waals surface area contributed by atoms with E-state index in [0.717, 1.165) is 13.8 Å². The molecule has 3 fully saturated rings. The fourth-order valence-corrected chi connectivity index (χ4v) is 10.9. The van der Waals surface area contributed by atoms with Crippen molar-refractivity contribution in [3.63, 3.8) is 0 Å². The molecule has 1 heterocycles. The number of ether oxygens (including phenoxy) is 5. The second-order valence-corrected chi connectivity index (χ2v) is 19.1. The summed E-state index contributed by atoms with van der Waals surface area (Å²) >= 11 is 0. The topological polar surface area (TPSA) is 268 Å². The Morgan fingerprint density at radius 2 is 1.41 bits per heavy atom. The van der Waals surface area contributed by atoms with Gasteiger partial charge in [0.2, 0.25) is 0 Å². The molecular formula is C47H52NO17P. The van der Waals surface area contributed by atoms with Crippen LogP contribution in [0.15, 0.2) is 102 Å². The third kappa shape index (κ3) is 8.51. The zero-order valence-corrected chi connectivity index (χ0v) is 37.8. The van der Waals surface area contributed by atoms with E-state index in [1.54, 1.807) is 54.6 Å². The summed E-state index contributed by atoms with van der Waals surface area (Å²) in [6.45, 7) is 7.56. The molecule has 0 radical (unpaired) electrons. The van der Waals surface area contributed by atoms with E-state index in [-0.39, 0.29) is 40.9 Å². The number of ketones is 1. The summed E-state index contributed by atoms with van der Waals surface area (Å²) in [6, 6.07) is 21.5. The van der Waals surface area contributed by atoms with Crippen LogP contribution in [-0.4, -0.2) is 110 Å². The number of nitrogens with one attached hydrogen (secondary N) is 1. The zero-order chi connectivity index (χ0) is 48.1. The van der Waals surface area contributed by atoms with Crippen LogP contribution in [0.25, 0.3) is 0 Å². The van der Waals surface area contributed by atoms with Crippen LogP contribution in [0.2, 0.25) is 0 Å². The number of fused-ring (bicyclic) bond motifs is 5. The maximum absolute atomic E-state index is 15.6. The van der Waals surface area contributed by atoms with Gasteiger partial charge >= 0.3 is 31.7 Å². The summed E-state index contributed by atoms with van der Waals surface area (Å²) in [7, 11) is -5.59. The van der Waals surface area contributed by atoms with E-state index in [0.29, 0.717) is 0 Å². The largest absolute Gasteiger partial charge is 0.470 e. The number of amides is 1. The van der Waals surface area contributed by atoms with Crippen LogP contribution in [0.4, 0.5) is 0 Å². The van der Waals surface area contributed by atoms with Gasteiger partial charge in [0.15, 0.2) is 23.6 Å². The maximum Gasteiger partial charge on any atom is 0.470 e. The van der Waals surface area contributed by atoms with Gasteiger partial charge in [-0.1, -0.05) is 80.6 Å². The maximum atomic E-state index is 15.6. The Morgan fingerprint density at radius 3 is 1.94 bits per heavy atom. The van der Waals surface area contributed by atoms with E-state index >= 15 is 4.79 Å². The Kier molecular flexibility index (Phi) is 13.1. The number of benzene rings is 3. The Balaban J connectivity index is 1.43. The van der Waals surface area contributed by atoms with Crippen LogP contribution >= 0.6 is 7.82 Å². The first-order valence-corrected chi connectivity index (χ1v) is 22.7. The van der Waals surface area contributed by atoms with Crippen molar-refractivity contribution in [1.82, 2.24) is 5.32 Å². The number of aliphatic hydroxyl groups excluding tert-OH is 1. The van der Waals surface area contributed by atoms with Crippen molar-refractivity contribution in [2.75, 3.05) is 6.61 Å². The van der Waals surface area contributed by atoms with Crippen LogP contribution in [0, 0.1) is 16.7 Å². The molecule has 352 valence electrons. The lowest BCUT2D eigenvalue weighted by molar-refractivity contribution is -0.346. The normalized spacial score (nSPS) is 30.9. The third-order valence-electron chi connectivity index (χ3n) is 13.7. The number of esters is 4. The number of phosphoric ester groups is 1. The molecule has 1 aliphatic heterocycles. The van der Waals surface area contributed by atoms with Crippen molar-refractivity contribution in [2.24, 2.45) is 16.7 Å². The van der Waals surface area contributed by atoms with Crippen LogP contribution in [0.3, 0.4) is 0 Å². The van der Waals surface area contributed by atoms with Crippen LogP contribution in [0.5, 0.6) is 0 Å². The number of hydrogen-bond acceptors (Lipinski definition) is 15. The van der Waals surface area contributed by atoms with E-state index in [9.17, 15) is 48.5 Å². The molecular weight excluding hydrogens is 881 g/mol. The molecule has 5 N–H and O–H groups in total. The van der Waals surface area contributed by atoms with Gasteiger partial charge in [0.1, 0.15) is 23.9 Å². The number of aliphatic hydroxyl groups is 2. The Bertz CT molecular complexity index is 2480. The molecule has 18 nitrogen and oxygen atoms in total. The summed E-state index contributed by atoms with van der Waals surface area (Å²) in [5, 5.41) is 28.5. The van der Waals surface area contributed by atoms with Crippen LogP contribution in [-0.2, 0) is 52.0 Å². The molecule has 0 spiro atoms. The highest BCUT2D eigenvalue weighted by Gasteiger charge is 2.78. The predicted octanol–water partition coefficient (Wildman–Crippen LogP) is 3.85. The minimum Gasteiger partial charge on any atom is -0.456 e. The number of Topliss-reactive ketones (excluding diaryl/α,β-unsaturated/α-hetero) is 1. The molecule has 2 bridgehead atoms. The molecule has 3 aromatic rings. The summed E-state index contributed by atoms with van der Waals surface area (Å²) in [5.74, 6) is -7.57. The second-order valence-electron chi connectivity index (χ2n) is 17.9. The molecule has 4 aliphatic rings. The van der Waals surface area contributed by atoms with Gasteiger partial charge in [0.25, 0.3) is 5.91 Å². The van der Waals surface area contributed by atoms with Gasteiger partial charge in [-0.05, 0) is 54.8 Å². The molecule has 19 heteroatoms. The second kappa shape index (κ2) is 17.9. The molecule has 7 rings (SSSR count). The SMILES string of the molecule is CC(=O)O[C@H]1C(=O)[C@@]2(C)[C@H]([C@H](OC(=O)c3ccccc3)[C@]3(O)C[C@H](OC(=O)[C@H](OP(=O)(O)O)[C@@H](NC(=O)c4ccccc4)c4ccccc4)C(C)=C1C3(C)C)[C@]1(OC(C)=O)CO[C@@H]1C[C@@H]2O. The van der Waals surface area contributed by atoms with Crippen molar-refractivity contribution in [3.05, 3.63) is 119 Å². The molecule has 3 aliphatic carbocycles. The number of carbonyl (C=O) groups is 6. The number of hydrogen-bond donors (Lipinski definition) is 5. The van der Waals surface area contributed by atoms with E-state index in [4.69, 9.17) is 28.2 Å². The quantitative estimate of drug-likeness (QED) is 0.0747. The first-order chi connectivity index (χ1) is 31.0. The summed E-state index contributed by atoms with van der Waals surface area (Å²) in [5.41, 5.74) is -8.04. The molecule has 0 aromatic heterocycles. The van der Waals surface area contributed by atoms with E-state index in [1.165, 1.54) is 64.1 Å². The van der Waals surface area contributed by atoms with E-state index < -0.39 is 120 Å². The van der Waals surface area contributed by atoms with Gasteiger partial charge in [-0.3, -0.25) is 23.7 Å². The molecule has 1 saturated heterocycles. The number of carbonyl (C=O) groups excluding carboxylic acids is 6. The monoisotopic (exact) mass is 933 g/mol. The highest BCUT2D eigenvalue weighted by Crippen LogP contribution is 2.64. The van der Waals surface area contributed by atoms with E-state index in [2.05, 4.69) is 5.32 Å². The van der Waals surface area contributed by atoms with Crippen molar-refractivity contribution in [3.8, 4) is 0 Å². The van der Waals surface area contributed by atoms with E-state index in [1.807, 2.05) is 0 Å². The molecule has 3 aromatic carbocycles. The predicted molar refractivity (Wildman–Crippen MR) is 229 cm³/mol. The van der Waals surface area contributed by atoms with Crippen molar-refractivity contribution in [2.45, 2.75) is 108 Å². The fourth-order valence-electron chi connectivity index (χ4n) is 10.4.